The van der Waals surface area contributed by atoms with E-state index >= 15 is 0 Å². The average Bonchev–Trinajstić information content (AvgIpc) is 2.33. The average molecular weight is 151 g/mol. The maximum absolute atomic E-state index is 5.31. The molecule has 0 aliphatic heterocycles. The van der Waals surface area contributed by atoms with Crippen molar-refractivity contribution in [3.05, 3.63) is 0 Å². The highest BCUT2D eigenvalue weighted by Gasteiger charge is 2.33. The molecule has 1 heteroatoms. The number of hydrogen-bond donors (Lipinski definition) is 1. The second-order valence-electron chi connectivity index (χ2n) is 3.92. The molecule has 0 spiro atoms. The Labute approximate surface area is 69.6 Å². The van der Waals surface area contributed by atoms with Crippen molar-refractivity contribution in [2.24, 2.45) is 5.41 Å². The van der Waals surface area contributed by atoms with Gasteiger partial charge in [-0.3, -0.25) is 0 Å². The van der Waals surface area contributed by atoms with E-state index < -0.39 is 0 Å². The van der Waals surface area contributed by atoms with E-state index in [9.17, 15) is 0 Å². The molecule has 0 aromatic heterocycles. The van der Waals surface area contributed by atoms with Crippen LogP contribution in [-0.2, 0) is 0 Å². The Hall–Kier alpha value is -0.480. The lowest BCUT2D eigenvalue weighted by atomic mass is 9.85. The number of terminal acetylenes is 1. The Morgan fingerprint density at radius 1 is 1.73 bits per heavy atom. The van der Waals surface area contributed by atoms with Crippen LogP contribution >= 0.6 is 0 Å². The fraction of sp³-hybridized carbons (Fsp3) is 0.800. The van der Waals surface area contributed by atoms with Crippen LogP contribution in [0.25, 0.3) is 0 Å². The molecule has 1 saturated carbocycles. The SMILES string of the molecule is C#CCC1(C)CCC(NC)C1. The van der Waals surface area contributed by atoms with E-state index in [4.69, 9.17) is 6.42 Å². The standard InChI is InChI=1S/C10H17N/c1-4-6-10(2)7-5-9(8-10)11-3/h1,9,11H,5-8H2,2-3H3. The molecular formula is C10H17N. The number of hydrogen-bond acceptors (Lipinski definition) is 1. The van der Waals surface area contributed by atoms with Crippen molar-refractivity contribution in [2.75, 3.05) is 7.05 Å². The van der Waals surface area contributed by atoms with Gasteiger partial charge in [-0.2, -0.15) is 0 Å². The van der Waals surface area contributed by atoms with Crippen molar-refractivity contribution in [1.82, 2.24) is 5.32 Å². The van der Waals surface area contributed by atoms with Crippen LogP contribution < -0.4 is 5.32 Å². The van der Waals surface area contributed by atoms with Crippen LogP contribution in [-0.4, -0.2) is 13.1 Å². The molecule has 0 aromatic rings. The topological polar surface area (TPSA) is 12.0 Å². The summed E-state index contributed by atoms with van der Waals surface area (Å²) in [6, 6.07) is 0.702. The predicted octanol–water partition coefficient (Wildman–Crippen LogP) is 1.79. The monoisotopic (exact) mass is 151 g/mol. The molecule has 0 bridgehead atoms. The Kier molecular flexibility index (Phi) is 2.57. The molecule has 2 unspecified atom stereocenters. The van der Waals surface area contributed by atoms with Gasteiger partial charge in [0.25, 0.3) is 0 Å². The lowest BCUT2D eigenvalue weighted by Gasteiger charge is -2.20. The van der Waals surface area contributed by atoms with Crippen LogP contribution in [0.5, 0.6) is 0 Å². The van der Waals surface area contributed by atoms with Crippen LogP contribution in [0.3, 0.4) is 0 Å². The summed E-state index contributed by atoms with van der Waals surface area (Å²) in [7, 11) is 2.03. The normalized spacial score (nSPS) is 37.0. The maximum Gasteiger partial charge on any atom is 0.0141 e. The van der Waals surface area contributed by atoms with Gasteiger partial charge < -0.3 is 5.32 Å². The Balaban J connectivity index is 2.45. The van der Waals surface area contributed by atoms with Crippen LogP contribution in [0.1, 0.15) is 32.6 Å². The van der Waals surface area contributed by atoms with Crippen molar-refractivity contribution < 1.29 is 0 Å². The summed E-state index contributed by atoms with van der Waals surface area (Å²) in [5, 5.41) is 3.31. The van der Waals surface area contributed by atoms with E-state index in [2.05, 4.69) is 18.2 Å². The van der Waals surface area contributed by atoms with Gasteiger partial charge in [0, 0.05) is 12.5 Å². The quantitative estimate of drug-likeness (QED) is 0.593. The molecule has 1 aliphatic carbocycles. The molecule has 1 aliphatic rings. The highest BCUT2D eigenvalue weighted by Crippen LogP contribution is 2.40. The molecule has 1 N–H and O–H groups in total. The summed E-state index contributed by atoms with van der Waals surface area (Å²) in [5.74, 6) is 2.77. The first kappa shape index (κ1) is 8.62. The van der Waals surface area contributed by atoms with Gasteiger partial charge in [-0.25, -0.2) is 0 Å². The molecular weight excluding hydrogens is 134 g/mol. The van der Waals surface area contributed by atoms with Crippen LogP contribution in [0.15, 0.2) is 0 Å². The molecule has 0 saturated heterocycles. The van der Waals surface area contributed by atoms with E-state index in [1.807, 2.05) is 7.05 Å². The molecule has 2 atom stereocenters. The van der Waals surface area contributed by atoms with E-state index in [1.165, 1.54) is 19.3 Å². The predicted molar refractivity (Wildman–Crippen MR) is 48.3 cm³/mol. The van der Waals surface area contributed by atoms with Gasteiger partial charge in [0.15, 0.2) is 0 Å². The molecule has 11 heavy (non-hydrogen) atoms. The van der Waals surface area contributed by atoms with Crippen LogP contribution in [0, 0.1) is 17.8 Å². The first-order chi connectivity index (χ1) is 5.20. The van der Waals surface area contributed by atoms with Gasteiger partial charge in [0.2, 0.25) is 0 Å². The molecule has 0 radical (unpaired) electrons. The van der Waals surface area contributed by atoms with E-state index in [1.54, 1.807) is 0 Å². The van der Waals surface area contributed by atoms with Gasteiger partial charge in [0.1, 0.15) is 0 Å². The van der Waals surface area contributed by atoms with Crippen molar-refractivity contribution in [3.8, 4) is 12.3 Å². The summed E-state index contributed by atoms with van der Waals surface area (Å²) in [4.78, 5) is 0. The minimum absolute atomic E-state index is 0.419. The summed E-state index contributed by atoms with van der Waals surface area (Å²) < 4.78 is 0. The highest BCUT2D eigenvalue weighted by atomic mass is 14.9. The zero-order chi connectivity index (χ0) is 8.32. The summed E-state index contributed by atoms with van der Waals surface area (Å²) >= 11 is 0. The smallest absolute Gasteiger partial charge is 0.0141 e. The third-order valence-electron chi connectivity index (χ3n) is 2.77. The third kappa shape index (κ3) is 1.97. The summed E-state index contributed by atoms with van der Waals surface area (Å²) in [5.41, 5.74) is 0.419. The lowest BCUT2D eigenvalue weighted by molar-refractivity contribution is 0.337. The van der Waals surface area contributed by atoms with Crippen molar-refractivity contribution in [3.63, 3.8) is 0 Å². The van der Waals surface area contributed by atoms with Gasteiger partial charge in [-0.15, -0.1) is 12.3 Å². The molecule has 0 heterocycles. The largest absolute Gasteiger partial charge is 0.317 e. The van der Waals surface area contributed by atoms with Crippen molar-refractivity contribution in [2.45, 2.75) is 38.6 Å². The first-order valence-corrected chi connectivity index (χ1v) is 4.31. The maximum atomic E-state index is 5.31. The van der Waals surface area contributed by atoms with E-state index in [0.29, 0.717) is 11.5 Å². The molecule has 62 valence electrons. The van der Waals surface area contributed by atoms with E-state index in [0.717, 1.165) is 6.42 Å². The Bertz CT molecular complexity index is 168. The third-order valence-corrected chi connectivity index (χ3v) is 2.77. The minimum atomic E-state index is 0.419. The fourth-order valence-electron chi connectivity index (χ4n) is 1.98. The second-order valence-corrected chi connectivity index (χ2v) is 3.92. The van der Waals surface area contributed by atoms with Crippen LogP contribution in [0.2, 0.25) is 0 Å². The minimum Gasteiger partial charge on any atom is -0.317 e. The van der Waals surface area contributed by atoms with Crippen molar-refractivity contribution in [1.29, 1.82) is 0 Å². The first-order valence-electron chi connectivity index (χ1n) is 4.31. The molecule has 0 amide bonds. The van der Waals surface area contributed by atoms with Gasteiger partial charge >= 0.3 is 0 Å². The van der Waals surface area contributed by atoms with Crippen LogP contribution in [0.4, 0.5) is 0 Å². The summed E-state index contributed by atoms with van der Waals surface area (Å²) in [6.07, 6.45) is 10.1. The fourth-order valence-corrected chi connectivity index (χ4v) is 1.98. The van der Waals surface area contributed by atoms with Gasteiger partial charge in [-0.05, 0) is 31.7 Å². The molecule has 1 nitrogen and oxygen atoms in total. The molecule has 1 rings (SSSR count). The molecule has 0 aromatic carbocycles. The summed E-state index contributed by atoms with van der Waals surface area (Å²) in [6.45, 7) is 2.30. The molecule has 1 fully saturated rings. The van der Waals surface area contributed by atoms with E-state index in [-0.39, 0.29) is 0 Å². The zero-order valence-electron chi connectivity index (χ0n) is 7.48. The van der Waals surface area contributed by atoms with Gasteiger partial charge in [0.05, 0.1) is 0 Å². The Morgan fingerprint density at radius 3 is 2.91 bits per heavy atom. The second kappa shape index (κ2) is 3.28. The van der Waals surface area contributed by atoms with Crippen molar-refractivity contribution >= 4 is 0 Å². The Morgan fingerprint density at radius 2 is 2.45 bits per heavy atom. The number of rotatable bonds is 2. The lowest BCUT2D eigenvalue weighted by Crippen LogP contribution is -2.23. The number of nitrogens with one attached hydrogen (secondary N) is 1. The highest BCUT2D eigenvalue weighted by molar-refractivity contribution is 4.98. The van der Waals surface area contributed by atoms with Gasteiger partial charge in [-0.1, -0.05) is 6.92 Å². The zero-order valence-corrected chi connectivity index (χ0v) is 7.48.